The van der Waals surface area contributed by atoms with Crippen LogP contribution in [0.4, 0.5) is 0 Å². The van der Waals surface area contributed by atoms with Crippen molar-refractivity contribution in [3.05, 3.63) is 88.4 Å². The van der Waals surface area contributed by atoms with Crippen LogP contribution in [0.3, 0.4) is 0 Å². The van der Waals surface area contributed by atoms with Gasteiger partial charge in [0, 0.05) is 41.4 Å². The Morgan fingerprint density at radius 3 is 2.16 bits per heavy atom. The molecule has 9 nitrogen and oxygen atoms in total. The van der Waals surface area contributed by atoms with E-state index in [4.69, 9.17) is 4.74 Å². The van der Waals surface area contributed by atoms with E-state index in [-0.39, 0.29) is 24.3 Å². The van der Waals surface area contributed by atoms with E-state index < -0.39 is 23.3 Å². The number of hydrogen-bond donors (Lipinski definition) is 3. The number of carboxylic acid groups (broad SMARTS) is 1. The molecule has 1 aliphatic rings. The van der Waals surface area contributed by atoms with Crippen molar-refractivity contribution in [1.29, 1.82) is 0 Å². The molecule has 5 rings (SSSR count). The summed E-state index contributed by atoms with van der Waals surface area (Å²) in [7, 11) is 0. The first-order valence-corrected chi connectivity index (χ1v) is 18.4. The molecule has 0 spiro atoms. The molecule has 1 atom stereocenters. The molecule has 4 aromatic rings. The van der Waals surface area contributed by atoms with Gasteiger partial charge in [0.2, 0.25) is 5.91 Å². The molecule has 0 aliphatic heterocycles. The van der Waals surface area contributed by atoms with Crippen molar-refractivity contribution >= 4 is 29.1 Å². The highest BCUT2D eigenvalue weighted by atomic mass is 32.1. The fourth-order valence-corrected chi connectivity index (χ4v) is 6.83. The molecule has 0 radical (unpaired) electrons. The molecule has 0 saturated heterocycles. The van der Waals surface area contributed by atoms with Crippen LogP contribution in [0.5, 0.6) is 5.75 Å². The second-order valence-electron chi connectivity index (χ2n) is 14.2. The second kappa shape index (κ2) is 16.4. The molecular weight excluding hydrogens is 649 g/mol. The van der Waals surface area contributed by atoms with Crippen LogP contribution in [0, 0.1) is 5.41 Å². The zero-order valence-electron chi connectivity index (χ0n) is 29.5. The van der Waals surface area contributed by atoms with Crippen LogP contribution in [-0.4, -0.2) is 52.1 Å². The number of carbonyl (C=O) groups is 3. The number of aromatic nitrogens is 2. The Kier molecular flexibility index (Phi) is 12.1. The van der Waals surface area contributed by atoms with E-state index in [9.17, 15) is 19.5 Å². The number of ether oxygens (including phenoxy) is 1. The molecule has 1 saturated carbocycles. The summed E-state index contributed by atoms with van der Waals surface area (Å²) in [5.74, 6) is -0.225. The van der Waals surface area contributed by atoms with Crippen molar-refractivity contribution in [3.8, 4) is 28.3 Å². The monoisotopic (exact) mass is 696 g/mol. The van der Waals surface area contributed by atoms with Crippen LogP contribution < -0.4 is 15.4 Å². The van der Waals surface area contributed by atoms with E-state index in [1.165, 1.54) is 30.6 Å². The van der Waals surface area contributed by atoms with Crippen molar-refractivity contribution in [2.45, 2.75) is 90.5 Å². The number of nitrogens with one attached hydrogen (secondary N) is 2. The van der Waals surface area contributed by atoms with E-state index in [0.29, 0.717) is 23.5 Å². The number of nitrogens with zero attached hydrogens (tertiary/aromatic N) is 2. The quantitative estimate of drug-likeness (QED) is 0.102. The summed E-state index contributed by atoms with van der Waals surface area (Å²) >= 11 is 1.41. The predicted molar refractivity (Wildman–Crippen MR) is 197 cm³/mol. The molecule has 2 amide bonds. The lowest BCUT2D eigenvalue weighted by molar-refractivity contribution is -0.154. The number of aliphatic carboxylic acids is 1. The molecule has 264 valence electrons. The minimum absolute atomic E-state index is 0.0318. The molecule has 0 bridgehead atoms. The van der Waals surface area contributed by atoms with Gasteiger partial charge in [0.15, 0.2) is 5.82 Å². The maximum atomic E-state index is 13.5. The van der Waals surface area contributed by atoms with Crippen molar-refractivity contribution in [2.75, 3.05) is 13.2 Å². The van der Waals surface area contributed by atoms with Gasteiger partial charge in [0.1, 0.15) is 11.8 Å². The molecule has 1 fully saturated rings. The van der Waals surface area contributed by atoms with Gasteiger partial charge in [-0.2, -0.15) is 0 Å². The molecule has 10 heteroatoms. The van der Waals surface area contributed by atoms with E-state index in [0.717, 1.165) is 52.3 Å². The Hall–Kier alpha value is -4.57. The first-order chi connectivity index (χ1) is 24.0. The van der Waals surface area contributed by atoms with Gasteiger partial charge in [-0.05, 0) is 60.1 Å². The molecule has 0 unspecified atom stereocenters. The molecule has 2 heterocycles. The summed E-state index contributed by atoms with van der Waals surface area (Å²) in [5, 5.41) is 15.5. The maximum absolute atomic E-state index is 13.5. The first kappa shape index (κ1) is 36.7. The number of hydrogen-bond acceptors (Lipinski definition) is 7. The van der Waals surface area contributed by atoms with Crippen LogP contribution >= 0.6 is 11.3 Å². The number of carbonyl (C=O) groups excluding carboxylic acids is 2. The largest absolute Gasteiger partial charge is 0.494 e. The molecule has 2 aromatic carbocycles. The smallest absolute Gasteiger partial charge is 0.311 e. The van der Waals surface area contributed by atoms with Crippen molar-refractivity contribution in [1.82, 2.24) is 20.6 Å². The Bertz CT molecular complexity index is 1740. The highest BCUT2D eigenvalue weighted by Gasteiger charge is 2.44. The number of rotatable bonds is 16. The van der Waals surface area contributed by atoms with Gasteiger partial charge in [-0.3, -0.25) is 14.4 Å². The summed E-state index contributed by atoms with van der Waals surface area (Å²) in [4.78, 5) is 49.5. The number of benzene rings is 2. The average molecular weight is 697 g/mol. The van der Waals surface area contributed by atoms with Gasteiger partial charge in [0.05, 0.1) is 16.9 Å². The maximum Gasteiger partial charge on any atom is 0.311 e. The van der Waals surface area contributed by atoms with Gasteiger partial charge >= 0.3 is 5.97 Å². The lowest BCUT2D eigenvalue weighted by atomic mass is 9.69. The summed E-state index contributed by atoms with van der Waals surface area (Å²) < 4.78 is 5.86. The minimum atomic E-state index is -0.942. The third-order valence-corrected chi connectivity index (χ3v) is 10.8. The normalized spacial score (nSPS) is 14.3. The standard InChI is InChI=1S/C40H48N4O5S/c1-5-6-7-8-22-49-31-16-14-28(15-17-31)30-24-41-35(42-25-30)29-12-10-27(11-13-29)23-32(36(45)43-26-40(38(47)48)20-9-21-40)44-37(46)33-18-19-34(50-33)39(2,3)4/h10-19,24-25,32H,5-9,20-23,26H2,1-4H3,(H,43,45)(H,44,46)(H,47,48)/t32-/m0/s1. The Labute approximate surface area is 298 Å². The van der Waals surface area contributed by atoms with E-state index >= 15 is 0 Å². The SMILES string of the molecule is CCCCCCOc1ccc(-c2cnc(-c3ccc(C[C@H](NC(=O)c4ccc(C(C)(C)C)s4)C(=O)NCC4(C(=O)O)CCC4)cc3)nc2)cc1. The minimum Gasteiger partial charge on any atom is -0.494 e. The summed E-state index contributed by atoms with van der Waals surface area (Å²) in [5.41, 5.74) is 2.50. The highest BCUT2D eigenvalue weighted by Crippen LogP contribution is 2.40. The average Bonchev–Trinajstić information content (AvgIpc) is 3.60. The molecule has 50 heavy (non-hydrogen) atoms. The van der Waals surface area contributed by atoms with Crippen LogP contribution in [0.2, 0.25) is 0 Å². The Morgan fingerprint density at radius 2 is 1.58 bits per heavy atom. The zero-order valence-corrected chi connectivity index (χ0v) is 30.3. The van der Waals surface area contributed by atoms with Crippen LogP contribution in [0.15, 0.2) is 73.1 Å². The van der Waals surface area contributed by atoms with Crippen LogP contribution in [0.1, 0.15) is 92.8 Å². The predicted octanol–water partition coefficient (Wildman–Crippen LogP) is 7.84. The van der Waals surface area contributed by atoms with Crippen LogP contribution in [-0.2, 0) is 21.4 Å². The van der Waals surface area contributed by atoms with E-state index in [2.05, 4.69) is 48.3 Å². The van der Waals surface area contributed by atoms with E-state index in [1.54, 1.807) is 18.5 Å². The Morgan fingerprint density at radius 1 is 0.900 bits per heavy atom. The summed E-state index contributed by atoms with van der Waals surface area (Å²) in [6.45, 7) is 9.21. The van der Waals surface area contributed by atoms with E-state index in [1.807, 2.05) is 54.6 Å². The highest BCUT2D eigenvalue weighted by molar-refractivity contribution is 7.14. The lowest BCUT2D eigenvalue weighted by Crippen LogP contribution is -2.53. The molecule has 1 aliphatic carbocycles. The van der Waals surface area contributed by atoms with Crippen molar-refractivity contribution in [2.24, 2.45) is 5.41 Å². The van der Waals surface area contributed by atoms with Crippen molar-refractivity contribution in [3.63, 3.8) is 0 Å². The van der Waals surface area contributed by atoms with Gasteiger partial charge in [0.25, 0.3) is 5.91 Å². The molecule has 2 aromatic heterocycles. The number of carboxylic acids is 1. The second-order valence-corrected chi connectivity index (χ2v) is 15.3. The summed E-state index contributed by atoms with van der Waals surface area (Å²) in [6.07, 6.45) is 10.4. The van der Waals surface area contributed by atoms with Gasteiger partial charge < -0.3 is 20.5 Å². The number of amides is 2. The van der Waals surface area contributed by atoms with Gasteiger partial charge in [-0.25, -0.2) is 9.97 Å². The zero-order chi connectivity index (χ0) is 35.7. The fourth-order valence-electron chi connectivity index (χ4n) is 5.87. The van der Waals surface area contributed by atoms with Gasteiger partial charge in [-0.15, -0.1) is 11.3 Å². The number of thiophene rings is 1. The molecular formula is C40H48N4O5S. The third kappa shape index (κ3) is 9.35. The first-order valence-electron chi connectivity index (χ1n) is 17.5. The summed E-state index contributed by atoms with van der Waals surface area (Å²) in [6, 6.07) is 18.4. The lowest BCUT2D eigenvalue weighted by Gasteiger charge is -2.37. The van der Waals surface area contributed by atoms with Crippen molar-refractivity contribution < 1.29 is 24.2 Å². The molecule has 3 N–H and O–H groups in total. The number of unbranched alkanes of at least 4 members (excludes halogenated alkanes) is 3. The Balaban J connectivity index is 1.24. The van der Waals surface area contributed by atoms with Gasteiger partial charge in [-0.1, -0.05) is 89.8 Å². The van der Waals surface area contributed by atoms with Crippen LogP contribution in [0.25, 0.3) is 22.5 Å². The fraction of sp³-hybridized carbons (Fsp3) is 0.425. The third-order valence-electron chi connectivity index (χ3n) is 9.31. The topological polar surface area (TPSA) is 131 Å².